The van der Waals surface area contributed by atoms with Gasteiger partial charge >= 0.3 is 0 Å². The summed E-state index contributed by atoms with van der Waals surface area (Å²) in [5.41, 5.74) is 1.78. The molecule has 0 aliphatic carbocycles. The average molecular weight is 349 g/mol. The predicted octanol–water partition coefficient (Wildman–Crippen LogP) is 3.42. The van der Waals surface area contributed by atoms with Crippen LogP contribution in [0.1, 0.15) is 11.5 Å². The molecule has 0 N–H and O–H groups in total. The first kappa shape index (κ1) is 17.4. The van der Waals surface area contributed by atoms with E-state index in [0.717, 1.165) is 16.9 Å². The second-order valence-corrected chi connectivity index (χ2v) is 5.68. The number of likely N-dealkylation sites (N-methyl/N-ethyl adjacent to an activating group) is 1. The molecule has 0 saturated carbocycles. The van der Waals surface area contributed by atoms with E-state index in [1.807, 2.05) is 54.6 Å². The fourth-order valence-corrected chi connectivity index (χ4v) is 2.32. The number of aromatic nitrogens is 2. The Morgan fingerprint density at radius 1 is 1.15 bits per heavy atom. The van der Waals surface area contributed by atoms with Crippen LogP contribution in [0.3, 0.4) is 0 Å². The second-order valence-electron chi connectivity index (χ2n) is 5.68. The Labute approximate surface area is 151 Å². The molecule has 1 heterocycles. The first-order valence-corrected chi connectivity index (χ1v) is 8.11. The Kier molecular flexibility index (Phi) is 5.43. The van der Waals surface area contributed by atoms with Crippen LogP contribution < -0.4 is 4.74 Å². The van der Waals surface area contributed by atoms with Crippen LogP contribution >= 0.6 is 0 Å². The maximum absolute atomic E-state index is 12.2. The Morgan fingerprint density at radius 2 is 1.88 bits per heavy atom. The normalized spacial score (nSPS) is 10.8. The van der Waals surface area contributed by atoms with Crippen molar-refractivity contribution in [2.75, 3.05) is 14.2 Å². The molecule has 0 saturated heterocycles. The number of nitrogens with zero attached hydrogens (tertiary/aromatic N) is 3. The van der Waals surface area contributed by atoms with Crippen molar-refractivity contribution in [3.63, 3.8) is 0 Å². The minimum absolute atomic E-state index is 0.141. The summed E-state index contributed by atoms with van der Waals surface area (Å²) in [6, 6.07) is 17.0. The van der Waals surface area contributed by atoms with Crippen LogP contribution in [0.2, 0.25) is 0 Å². The van der Waals surface area contributed by atoms with Crippen molar-refractivity contribution in [3.05, 3.63) is 72.1 Å². The van der Waals surface area contributed by atoms with E-state index < -0.39 is 0 Å². The number of methoxy groups -OCH3 is 1. The lowest BCUT2D eigenvalue weighted by Crippen LogP contribution is -2.24. The summed E-state index contributed by atoms with van der Waals surface area (Å²) in [7, 11) is 3.30. The van der Waals surface area contributed by atoms with Gasteiger partial charge in [0.2, 0.25) is 17.6 Å². The molecule has 0 bridgehead atoms. The number of rotatable bonds is 6. The predicted molar refractivity (Wildman–Crippen MR) is 98.2 cm³/mol. The molecule has 1 aromatic heterocycles. The van der Waals surface area contributed by atoms with E-state index in [1.54, 1.807) is 20.2 Å². The number of benzene rings is 2. The lowest BCUT2D eigenvalue weighted by molar-refractivity contribution is -0.125. The number of hydrogen-bond donors (Lipinski definition) is 0. The molecule has 26 heavy (non-hydrogen) atoms. The molecule has 0 unspecified atom stereocenters. The van der Waals surface area contributed by atoms with Crippen molar-refractivity contribution in [2.45, 2.75) is 6.54 Å². The highest BCUT2D eigenvalue weighted by Gasteiger charge is 2.13. The number of hydrogen-bond acceptors (Lipinski definition) is 5. The van der Waals surface area contributed by atoms with E-state index in [-0.39, 0.29) is 12.5 Å². The highest BCUT2D eigenvalue weighted by atomic mass is 16.5. The van der Waals surface area contributed by atoms with Crippen molar-refractivity contribution in [3.8, 4) is 17.1 Å². The van der Waals surface area contributed by atoms with Crippen molar-refractivity contribution in [1.82, 2.24) is 15.0 Å². The van der Waals surface area contributed by atoms with Crippen LogP contribution in [0.25, 0.3) is 17.5 Å². The first-order chi connectivity index (χ1) is 12.7. The van der Waals surface area contributed by atoms with Gasteiger partial charge in [0.15, 0.2) is 0 Å². The maximum Gasteiger partial charge on any atom is 0.246 e. The van der Waals surface area contributed by atoms with E-state index in [1.165, 1.54) is 11.0 Å². The quantitative estimate of drug-likeness (QED) is 0.638. The largest absolute Gasteiger partial charge is 0.497 e. The molecule has 6 nitrogen and oxygen atoms in total. The van der Waals surface area contributed by atoms with Crippen LogP contribution in [0.5, 0.6) is 5.75 Å². The molecule has 0 fully saturated rings. The van der Waals surface area contributed by atoms with Crippen molar-refractivity contribution >= 4 is 12.0 Å². The molecule has 0 atom stereocenters. The van der Waals surface area contributed by atoms with Gasteiger partial charge in [0.1, 0.15) is 5.75 Å². The van der Waals surface area contributed by atoms with Gasteiger partial charge in [-0.05, 0) is 35.9 Å². The Hall–Kier alpha value is -3.41. The van der Waals surface area contributed by atoms with Gasteiger partial charge in [-0.1, -0.05) is 35.5 Å². The van der Waals surface area contributed by atoms with Crippen LogP contribution in [-0.2, 0) is 11.3 Å². The zero-order chi connectivity index (χ0) is 18.4. The standard InChI is InChI=1S/C20H19N3O3/c1-23(19(24)13-8-15-6-4-3-5-7-15)14-18-21-20(22-26-18)16-9-11-17(25-2)12-10-16/h3-13H,14H2,1-2H3/b13-8+. The molecule has 3 aromatic rings. The zero-order valence-corrected chi connectivity index (χ0v) is 14.6. The number of carbonyl (C=O) groups excluding carboxylic acids is 1. The lowest BCUT2D eigenvalue weighted by Gasteiger charge is -2.11. The number of amides is 1. The molecule has 0 radical (unpaired) electrons. The summed E-state index contributed by atoms with van der Waals surface area (Å²) in [5, 5.41) is 3.96. The van der Waals surface area contributed by atoms with Crippen molar-refractivity contribution in [1.29, 1.82) is 0 Å². The van der Waals surface area contributed by atoms with Gasteiger partial charge in [-0.25, -0.2) is 0 Å². The van der Waals surface area contributed by atoms with Gasteiger partial charge in [0.05, 0.1) is 13.7 Å². The third-order valence-corrected chi connectivity index (χ3v) is 3.78. The lowest BCUT2D eigenvalue weighted by atomic mass is 10.2. The first-order valence-electron chi connectivity index (χ1n) is 8.11. The van der Waals surface area contributed by atoms with Gasteiger partial charge in [-0.15, -0.1) is 0 Å². The van der Waals surface area contributed by atoms with Crippen molar-refractivity contribution < 1.29 is 14.1 Å². The van der Waals surface area contributed by atoms with Crippen molar-refractivity contribution in [2.24, 2.45) is 0 Å². The molecule has 0 aliphatic rings. The van der Waals surface area contributed by atoms with E-state index in [4.69, 9.17) is 9.26 Å². The summed E-state index contributed by atoms with van der Waals surface area (Å²) in [6.07, 6.45) is 3.30. The van der Waals surface area contributed by atoms with Gasteiger partial charge in [-0.3, -0.25) is 4.79 Å². The molecule has 3 rings (SSSR count). The average Bonchev–Trinajstić information content (AvgIpc) is 3.15. The summed E-state index contributed by atoms with van der Waals surface area (Å²) in [6.45, 7) is 0.237. The van der Waals surface area contributed by atoms with Crippen LogP contribution in [0, 0.1) is 0 Å². The van der Waals surface area contributed by atoms with Gasteiger partial charge < -0.3 is 14.2 Å². The van der Waals surface area contributed by atoms with E-state index in [0.29, 0.717) is 11.7 Å². The summed E-state index contributed by atoms with van der Waals surface area (Å²) < 4.78 is 10.4. The van der Waals surface area contributed by atoms with E-state index in [9.17, 15) is 4.79 Å². The maximum atomic E-state index is 12.2. The fraction of sp³-hybridized carbons (Fsp3) is 0.150. The SMILES string of the molecule is COc1ccc(-c2noc(CN(C)C(=O)/C=C/c3ccccc3)n2)cc1. The highest BCUT2D eigenvalue weighted by molar-refractivity contribution is 5.91. The van der Waals surface area contributed by atoms with Crippen LogP contribution in [0.15, 0.2) is 65.2 Å². The summed E-state index contributed by atoms with van der Waals surface area (Å²) in [5.74, 6) is 1.47. The summed E-state index contributed by atoms with van der Waals surface area (Å²) >= 11 is 0. The molecular weight excluding hydrogens is 330 g/mol. The Balaban J connectivity index is 1.62. The molecule has 132 valence electrons. The van der Waals surface area contributed by atoms with E-state index >= 15 is 0 Å². The molecular formula is C20H19N3O3. The molecule has 0 spiro atoms. The topological polar surface area (TPSA) is 68.5 Å². The highest BCUT2D eigenvalue weighted by Crippen LogP contribution is 2.20. The van der Waals surface area contributed by atoms with Crippen LogP contribution in [-0.4, -0.2) is 35.1 Å². The monoisotopic (exact) mass is 349 g/mol. The van der Waals surface area contributed by atoms with Crippen LogP contribution in [0.4, 0.5) is 0 Å². The second kappa shape index (κ2) is 8.11. The minimum Gasteiger partial charge on any atom is -0.497 e. The smallest absolute Gasteiger partial charge is 0.246 e. The fourth-order valence-electron chi connectivity index (χ4n) is 2.32. The molecule has 2 aromatic carbocycles. The number of ether oxygens (including phenoxy) is 1. The van der Waals surface area contributed by atoms with Gasteiger partial charge in [-0.2, -0.15) is 4.98 Å². The Morgan fingerprint density at radius 3 is 2.58 bits per heavy atom. The minimum atomic E-state index is -0.141. The zero-order valence-electron chi connectivity index (χ0n) is 14.6. The third kappa shape index (κ3) is 4.36. The third-order valence-electron chi connectivity index (χ3n) is 3.78. The van der Waals surface area contributed by atoms with E-state index in [2.05, 4.69) is 10.1 Å². The molecule has 6 heteroatoms. The Bertz CT molecular complexity index is 886. The molecule has 0 aliphatic heterocycles. The summed E-state index contributed by atoms with van der Waals surface area (Å²) in [4.78, 5) is 18.1. The van der Waals surface area contributed by atoms with Gasteiger partial charge in [0.25, 0.3) is 0 Å². The number of carbonyl (C=O) groups is 1. The molecule has 1 amide bonds. The van der Waals surface area contributed by atoms with Gasteiger partial charge in [0, 0.05) is 18.7 Å².